The molecule has 0 N–H and O–H groups in total. The fourth-order valence-corrected chi connectivity index (χ4v) is 5.12. The van der Waals surface area contributed by atoms with Gasteiger partial charge >= 0.3 is 0 Å². The van der Waals surface area contributed by atoms with Crippen molar-refractivity contribution in [3.8, 4) is 33.6 Å². The van der Waals surface area contributed by atoms with Gasteiger partial charge in [0.2, 0.25) is 0 Å². The second kappa shape index (κ2) is 11.5. The van der Waals surface area contributed by atoms with Gasteiger partial charge in [-0.3, -0.25) is 0 Å². The van der Waals surface area contributed by atoms with Crippen molar-refractivity contribution < 1.29 is 4.39 Å². The summed E-state index contributed by atoms with van der Waals surface area (Å²) in [6.07, 6.45) is 0. The van der Waals surface area contributed by atoms with Crippen LogP contribution in [0.15, 0.2) is 140 Å². The van der Waals surface area contributed by atoms with E-state index in [1.807, 2.05) is 49.4 Å². The number of benzene rings is 5. The van der Waals surface area contributed by atoms with Crippen molar-refractivity contribution in [3.63, 3.8) is 0 Å². The molecular weight excluding hydrogens is 503 g/mol. The van der Waals surface area contributed by atoms with Gasteiger partial charge < -0.3 is 0 Å². The summed E-state index contributed by atoms with van der Waals surface area (Å²) in [4.78, 5) is 9.47. The highest BCUT2D eigenvalue weighted by Crippen LogP contribution is 2.33. The zero-order valence-corrected chi connectivity index (χ0v) is 23.1. The zero-order valence-electron chi connectivity index (χ0n) is 23.1. The number of hydrogen-bond acceptors (Lipinski definition) is 2. The van der Waals surface area contributed by atoms with Gasteiger partial charge in [0, 0.05) is 21.9 Å². The minimum Gasteiger partial charge on any atom is -0.248 e. The van der Waals surface area contributed by atoms with E-state index >= 15 is 0 Å². The van der Waals surface area contributed by atoms with E-state index in [1.54, 1.807) is 6.07 Å². The molecule has 0 saturated carbocycles. The van der Waals surface area contributed by atoms with Crippen LogP contribution in [0.5, 0.6) is 0 Å². The predicted molar refractivity (Wildman–Crippen MR) is 169 cm³/mol. The molecule has 2 aromatic heterocycles. The van der Waals surface area contributed by atoms with Crippen molar-refractivity contribution in [1.29, 1.82) is 0 Å². The molecule has 7 rings (SSSR count). The van der Waals surface area contributed by atoms with Gasteiger partial charge in [0.15, 0.2) is 0 Å². The summed E-state index contributed by atoms with van der Waals surface area (Å²) in [5.74, 6) is -0.231. The van der Waals surface area contributed by atoms with Crippen molar-refractivity contribution >= 4 is 21.8 Å². The molecular formula is C38H29FN2. The molecule has 0 aliphatic heterocycles. The molecule has 198 valence electrons. The summed E-state index contributed by atoms with van der Waals surface area (Å²) in [6.45, 7) is 4.10. The third-order valence-electron chi connectivity index (χ3n) is 7.30. The number of aryl methyl sites for hydroxylation is 2. The van der Waals surface area contributed by atoms with Gasteiger partial charge in [0.05, 0.1) is 22.4 Å². The lowest BCUT2D eigenvalue weighted by molar-refractivity contribution is 0.628. The molecule has 0 aliphatic carbocycles. The molecule has 0 atom stereocenters. The quantitative estimate of drug-likeness (QED) is 0.226. The lowest BCUT2D eigenvalue weighted by Gasteiger charge is -2.11. The van der Waals surface area contributed by atoms with Crippen LogP contribution in [-0.2, 0) is 0 Å². The number of rotatable bonds is 3. The highest BCUT2D eigenvalue weighted by molar-refractivity contribution is 5.96. The molecule has 0 saturated heterocycles. The standard InChI is InChI=1S/C22H17N.C16H12FN/c1-16-9-5-6-12-18(16)22-15-20(17-10-3-2-4-11-17)19-13-7-8-14-21(19)23-22;1-11-6-8-13(17)10-14(11)16-9-7-12-4-2-3-5-15(12)18-16/h2-15H,1H3;2-10H,1H3. The maximum absolute atomic E-state index is 13.3. The van der Waals surface area contributed by atoms with Crippen molar-refractivity contribution in [2.45, 2.75) is 13.8 Å². The average molecular weight is 533 g/mol. The van der Waals surface area contributed by atoms with Crippen LogP contribution in [0.3, 0.4) is 0 Å². The van der Waals surface area contributed by atoms with Gasteiger partial charge in [-0.1, -0.05) is 103 Å². The predicted octanol–water partition coefficient (Wildman–Crippen LogP) is 10.2. The summed E-state index contributed by atoms with van der Waals surface area (Å²) in [6, 6.07) is 46.2. The van der Waals surface area contributed by atoms with Crippen LogP contribution >= 0.6 is 0 Å². The molecule has 0 amide bonds. The highest BCUT2D eigenvalue weighted by Gasteiger charge is 2.10. The number of halogens is 1. The summed E-state index contributed by atoms with van der Waals surface area (Å²) in [5.41, 5.74) is 10.6. The normalized spacial score (nSPS) is 10.8. The summed E-state index contributed by atoms with van der Waals surface area (Å²) in [7, 11) is 0. The number of aromatic nitrogens is 2. The van der Waals surface area contributed by atoms with Gasteiger partial charge in [-0.2, -0.15) is 0 Å². The van der Waals surface area contributed by atoms with E-state index in [9.17, 15) is 4.39 Å². The van der Waals surface area contributed by atoms with Gasteiger partial charge in [-0.05, 0) is 72.5 Å². The Morgan fingerprint density at radius 2 is 1.12 bits per heavy atom. The number of hydrogen-bond donors (Lipinski definition) is 0. The number of pyridine rings is 2. The van der Waals surface area contributed by atoms with Crippen LogP contribution in [-0.4, -0.2) is 9.97 Å². The van der Waals surface area contributed by atoms with Crippen LogP contribution in [0.25, 0.3) is 55.4 Å². The van der Waals surface area contributed by atoms with Crippen LogP contribution in [0.1, 0.15) is 11.1 Å². The molecule has 0 spiro atoms. The lowest BCUT2D eigenvalue weighted by Crippen LogP contribution is -1.91. The second-order valence-electron chi connectivity index (χ2n) is 10.1. The molecule has 2 nitrogen and oxygen atoms in total. The Labute approximate surface area is 239 Å². The monoisotopic (exact) mass is 532 g/mol. The Morgan fingerprint density at radius 1 is 0.463 bits per heavy atom. The number of para-hydroxylation sites is 2. The van der Waals surface area contributed by atoms with E-state index in [2.05, 4.69) is 90.8 Å². The Kier molecular flexibility index (Phi) is 7.34. The highest BCUT2D eigenvalue weighted by atomic mass is 19.1. The first kappa shape index (κ1) is 26.1. The summed E-state index contributed by atoms with van der Waals surface area (Å²) >= 11 is 0. The smallest absolute Gasteiger partial charge is 0.123 e. The van der Waals surface area contributed by atoms with E-state index in [4.69, 9.17) is 4.98 Å². The average Bonchev–Trinajstić information content (AvgIpc) is 3.02. The van der Waals surface area contributed by atoms with Crippen molar-refractivity contribution in [1.82, 2.24) is 9.97 Å². The fraction of sp³-hybridized carbons (Fsp3) is 0.0526. The first-order chi connectivity index (χ1) is 20.1. The summed E-state index contributed by atoms with van der Waals surface area (Å²) in [5, 5.41) is 2.28. The molecule has 41 heavy (non-hydrogen) atoms. The molecule has 7 aromatic rings. The summed E-state index contributed by atoms with van der Waals surface area (Å²) < 4.78 is 13.3. The molecule has 0 bridgehead atoms. The van der Waals surface area contributed by atoms with E-state index in [-0.39, 0.29) is 5.82 Å². The van der Waals surface area contributed by atoms with E-state index in [0.29, 0.717) is 0 Å². The van der Waals surface area contributed by atoms with E-state index in [1.165, 1.54) is 39.8 Å². The van der Waals surface area contributed by atoms with Crippen molar-refractivity contribution in [2.75, 3.05) is 0 Å². The van der Waals surface area contributed by atoms with Crippen molar-refractivity contribution in [2.24, 2.45) is 0 Å². The maximum atomic E-state index is 13.3. The zero-order chi connectivity index (χ0) is 28.2. The van der Waals surface area contributed by atoms with Crippen LogP contribution in [0, 0.1) is 19.7 Å². The van der Waals surface area contributed by atoms with E-state index < -0.39 is 0 Å². The topological polar surface area (TPSA) is 25.8 Å². The molecule has 3 heteroatoms. The molecule has 0 fully saturated rings. The SMILES string of the molecule is Cc1ccc(F)cc1-c1ccc2ccccc2n1.Cc1ccccc1-c1cc(-c2ccccc2)c2ccccc2n1. The molecule has 0 unspecified atom stereocenters. The first-order valence-electron chi connectivity index (χ1n) is 13.7. The largest absolute Gasteiger partial charge is 0.248 e. The molecule has 0 aliphatic rings. The molecule has 2 heterocycles. The van der Waals surface area contributed by atoms with Gasteiger partial charge in [0.1, 0.15) is 5.82 Å². The number of nitrogens with zero attached hydrogens (tertiary/aromatic N) is 2. The van der Waals surface area contributed by atoms with Gasteiger partial charge in [-0.25, -0.2) is 14.4 Å². The Balaban J connectivity index is 0.000000152. The molecule has 0 radical (unpaired) electrons. The maximum Gasteiger partial charge on any atom is 0.123 e. The second-order valence-corrected chi connectivity index (χ2v) is 10.1. The van der Waals surface area contributed by atoms with Gasteiger partial charge in [0.25, 0.3) is 0 Å². The third kappa shape index (κ3) is 5.61. The Bertz CT molecular complexity index is 1980. The van der Waals surface area contributed by atoms with Crippen molar-refractivity contribution in [3.05, 3.63) is 156 Å². The third-order valence-corrected chi connectivity index (χ3v) is 7.30. The Hall–Kier alpha value is -5.15. The van der Waals surface area contributed by atoms with Crippen LogP contribution < -0.4 is 0 Å². The fourth-order valence-electron chi connectivity index (χ4n) is 5.12. The minimum absolute atomic E-state index is 0.231. The number of fused-ring (bicyclic) bond motifs is 2. The molecule has 5 aromatic carbocycles. The van der Waals surface area contributed by atoms with Crippen LogP contribution in [0.2, 0.25) is 0 Å². The first-order valence-corrected chi connectivity index (χ1v) is 13.7. The Morgan fingerprint density at radius 3 is 1.95 bits per heavy atom. The lowest BCUT2D eigenvalue weighted by atomic mass is 9.97. The van der Waals surface area contributed by atoms with Crippen LogP contribution in [0.4, 0.5) is 4.39 Å². The van der Waals surface area contributed by atoms with E-state index in [0.717, 1.165) is 38.9 Å². The minimum atomic E-state index is -0.231. The van der Waals surface area contributed by atoms with Gasteiger partial charge in [-0.15, -0.1) is 0 Å².